The van der Waals surface area contributed by atoms with Crippen LogP contribution >= 0.6 is 11.6 Å². The van der Waals surface area contributed by atoms with Crippen LogP contribution in [0.2, 0.25) is 5.02 Å². The topological polar surface area (TPSA) is 41.5 Å². The van der Waals surface area contributed by atoms with Gasteiger partial charge in [0.05, 0.1) is 17.8 Å². The van der Waals surface area contributed by atoms with E-state index in [-0.39, 0.29) is 5.75 Å². The highest BCUT2D eigenvalue weighted by Gasteiger charge is 2.04. The lowest BCUT2D eigenvalue weighted by Gasteiger charge is -2.11. The van der Waals surface area contributed by atoms with Crippen LogP contribution in [0, 0.1) is 6.92 Å². The Morgan fingerprint density at radius 1 is 1.21 bits per heavy atom. The van der Waals surface area contributed by atoms with Gasteiger partial charge >= 0.3 is 0 Å². The number of ether oxygens (including phenoxy) is 1. The van der Waals surface area contributed by atoms with Crippen molar-refractivity contribution in [3.8, 4) is 11.5 Å². The zero-order valence-corrected chi connectivity index (χ0v) is 11.7. The zero-order valence-electron chi connectivity index (χ0n) is 10.9. The van der Waals surface area contributed by atoms with E-state index >= 15 is 0 Å². The number of aryl methyl sites for hydroxylation is 1. The number of halogens is 1. The molecule has 0 atom stereocenters. The summed E-state index contributed by atoms with van der Waals surface area (Å²) in [6.45, 7) is 2.63. The highest BCUT2D eigenvalue weighted by molar-refractivity contribution is 6.33. The third kappa shape index (κ3) is 3.32. The SMILES string of the molecule is COc1cc(CNc2cc(C)ccc2Cl)ccc1O. The Bertz CT molecular complexity index is 584. The van der Waals surface area contributed by atoms with E-state index < -0.39 is 0 Å². The first-order valence-corrected chi connectivity index (χ1v) is 6.34. The van der Waals surface area contributed by atoms with Crippen LogP contribution in [0.1, 0.15) is 11.1 Å². The molecule has 0 aliphatic carbocycles. The van der Waals surface area contributed by atoms with E-state index in [9.17, 15) is 5.11 Å². The number of rotatable bonds is 4. The van der Waals surface area contributed by atoms with Crippen LogP contribution in [0.4, 0.5) is 5.69 Å². The summed E-state index contributed by atoms with van der Waals surface area (Å²) in [6.07, 6.45) is 0. The summed E-state index contributed by atoms with van der Waals surface area (Å²) in [5.74, 6) is 0.606. The maximum atomic E-state index is 9.53. The summed E-state index contributed by atoms with van der Waals surface area (Å²) >= 11 is 6.12. The molecule has 4 heteroatoms. The molecule has 3 nitrogen and oxygen atoms in total. The van der Waals surface area contributed by atoms with Gasteiger partial charge in [0.2, 0.25) is 0 Å². The molecule has 0 saturated heterocycles. The number of benzene rings is 2. The van der Waals surface area contributed by atoms with E-state index in [1.807, 2.05) is 31.2 Å². The Hall–Kier alpha value is -1.87. The third-order valence-corrected chi connectivity index (χ3v) is 3.18. The minimum atomic E-state index is 0.139. The van der Waals surface area contributed by atoms with E-state index in [1.165, 1.54) is 7.11 Å². The van der Waals surface area contributed by atoms with Crippen LogP contribution in [0.25, 0.3) is 0 Å². The molecule has 0 aliphatic heterocycles. The first-order valence-electron chi connectivity index (χ1n) is 5.96. The first kappa shape index (κ1) is 13.6. The Labute approximate surface area is 117 Å². The Morgan fingerprint density at radius 3 is 2.74 bits per heavy atom. The molecule has 2 rings (SSSR count). The van der Waals surface area contributed by atoms with Crippen LogP contribution in [0.15, 0.2) is 36.4 Å². The van der Waals surface area contributed by atoms with Crippen molar-refractivity contribution in [1.82, 2.24) is 0 Å². The standard InChI is InChI=1S/C15H16ClNO2/c1-10-3-5-12(16)13(7-10)17-9-11-4-6-14(18)15(8-11)19-2/h3-8,17-18H,9H2,1-2H3. The number of anilines is 1. The van der Waals surface area contributed by atoms with Gasteiger partial charge in [0.1, 0.15) is 0 Å². The van der Waals surface area contributed by atoms with Gasteiger partial charge in [0, 0.05) is 6.54 Å². The van der Waals surface area contributed by atoms with Gasteiger partial charge in [-0.2, -0.15) is 0 Å². The molecule has 0 spiro atoms. The fourth-order valence-corrected chi connectivity index (χ4v) is 1.99. The van der Waals surface area contributed by atoms with Crippen LogP contribution in [-0.4, -0.2) is 12.2 Å². The van der Waals surface area contributed by atoms with Crippen LogP contribution in [0.3, 0.4) is 0 Å². The van der Waals surface area contributed by atoms with Crippen molar-refractivity contribution < 1.29 is 9.84 Å². The Balaban J connectivity index is 2.12. The van der Waals surface area contributed by atoms with E-state index in [0.29, 0.717) is 17.3 Å². The van der Waals surface area contributed by atoms with Gasteiger partial charge in [-0.05, 0) is 42.3 Å². The highest BCUT2D eigenvalue weighted by atomic mass is 35.5. The molecule has 100 valence electrons. The van der Waals surface area contributed by atoms with Gasteiger partial charge in [-0.3, -0.25) is 0 Å². The molecule has 2 aromatic rings. The normalized spacial score (nSPS) is 10.3. The number of hydrogen-bond acceptors (Lipinski definition) is 3. The molecule has 0 aliphatic rings. The molecule has 0 saturated carbocycles. The molecule has 0 heterocycles. The molecule has 2 aromatic carbocycles. The van der Waals surface area contributed by atoms with Crippen LogP contribution in [0.5, 0.6) is 11.5 Å². The number of nitrogens with one attached hydrogen (secondary N) is 1. The predicted octanol–water partition coefficient (Wildman–Crippen LogP) is 3.97. The molecule has 0 bridgehead atoms. The maximum absolute atomic E-state index is 9.53. The minimum Gasteiger partial charge on any atom is -0.504 e. The summed E-state index contributed by atoms with van der Waals surface area (Å²) in [4.78, 5) is 0. The second-order valence-corrected chi connectivity index (χ2v) is 4.75. The molecule has 0 amide bonds. The van der Waals surface area contributed by atoms with Crippen molar-refractivity contribution in [3.05, 3.63) is 52.5 Å². The number of phenols is 1. The van der Waals surface area contributed by atoms with Crippen molar-refractivity contribution in [2.24, 2.45) is 0 Å². The lowest BCUT2D eigenvalue weighted by molar-refractivity contribution is 0.373. The zero-order chi connectivity index (χ0) is 13.8. The second-order valence-electron chi connectivity index (χ2n) is 4.34. The van der Waals surface area contributed by atoms with Crippen molar-refractivity contribution in [3.63, 3.8) is 0 Å². The van der Waals surface area contributed by atoms with E-state index in [0.717, 1.165) is 16.8 Å². The van der Waals surface area contributed by atoms with Gasteiger partial charge in [-0.1, -0.05) is 23.7 Å². The van der Waals surface area contributed by atoms with Gasteiger partial charge in [-0.25, -0.2) is 0 Å². The monoisotopic (exact) mass is 277 g/mol. The maximum Gasteiger partial charge on any atom is 0.160 e. The van der Waals surface area contributed by atoms with Crippen LogP contribution in [-0.2, 0) is 6.54 Å². The van der Waals surface area contributed by atoms with Gasteiger partial charge in [-0.15, -0.1) is 0 Å². The molecular weight excluding hydrogens is 262 g/mol. The average Bonchev–Trinajstić information content (AvgIpc) is 2.41. The summed E-state index contributed by atoms with van der Waals surface area (Å²) in [7, 11) is 1.53. The van der Waals surface area contributed by atoms with E-state index in [1.54, 1.807) is 12.1 Å². The molecule has 0 fully saturated rings. The summed E-state index contributed by atoms with van der Waals surface area (Å²) in [5.41, 5.74) is 3.05. The van der Waals surface area contributed by atoms with E-state index in [4.69, 9.17) is 16.3 Å². The fraction of sp³-hybridized carbons (Fsp3) is 0.200. The number of hydrogen-bond donors (Lipinski definition) is 2. The third-order valence-electron chi connectivity index (χ3n) is 2.85. The van der Waals surface area contributed by atoms with Gasteiger partial charge in [0.15, 0.2) is 11.5 Å². The summed E-state index contributed by atoms with van der Waals surface area (Å²) in [5, 5.41) is 13.5. The summed E-state index contributed by atoms with van der Waals surface area (Å²) in [6, 6.07) is 11.1. The molecular formula is C15H16ClNO2. The second kappa shape index (κ2) is 5.85. The van der Waals surface area contributed by atoms with E-state index in [2.05, 4.69) is 5.32 Å². The predicted molar refractivity (Wildman–Crippen MR) is 78.2 cm³/mol. The highest BCUT2D eigenvalue weighted by Crippen LogP contribution is 2.27. The molecule has 0 aromatic heterocycles. The molecule has 0 radical (unpaired) electrons. The minimum absolute atomic E-state index is 0.139. The van der Waals surface area contributed by atoms with Crippen molar-refractivity contribution >= 4 is 17.3 Å². The Morgan fingerprint density at radius 2 is 2.00 bits per heavy atom. The summed E-state index contributed by atoms with van der Waals surface area (Å²) < 4.78 is 5.08. The van der Waals surface area contributed by atoms with Crippen molar-refractivity contribution in [2.45, 2.75) is 13.5 Å². The quantitative estimate of drug-likeness (QED) is 0.888. The lowest BCUT2D eigenvalue weighted by atomic mass is 10.2. The lowest BCUT2D eigenvalue weighted by Crippen LogP contribution is -2.00. The number of phenolic OH excluding ortho intramolecular Hbond substituents is 1. The molecule has 19 heavy (non-hydrogen) atoms. The Kier molecular flexibility index (Phi) is 4.17. The molecule has 2 N–H and O–H groups in total. The van der Waals surface area contributed by atoms with Crippen molar-refractivity contribution in [2.75, 3.05) is 12.4 Å². The van der Waals surface area contributed by atoms with Gasteiger partial charge < -0.3 is 15.2 Å². The molecule has 0 unspecified atom stereocenters. The smallest absolute Gasteiger partial charge is 0.160 e. The number of aromatic hydroxyl groups is 1. The van der Waals surface area contributed by atoms with Gasteiger partial charge in [0.25, 0.3) is 0 Å². The van der Waals surface area contributed by atoms with Crippen LogP contribution < -0.4 is 10.1 Å². The number of methoxy groups -OCH3 is 1. The van der Waals surface area contributed by atoms with Crippen molar-refractivity contribution in [1.29, 1.82) is 0 Å². The fourth-order valence-electron chi connectivity index (χ4n) is 1.80. The average molecular weight is 278 g/mol. The largest absolute Gasteiger partial charge is 0.504 e. The first-order chi connectivity index (χ1) is 9.10.